The summed E-state index contributed by atoms with van der Waals surface area (Å²) >= 11 is 0. The van der Waals surface area contributed by atoms with E-state index in [1.807, 2.05) is 13.8 Å². The third kappa shape index (κ3) is 8.35. The number of carbonyl (C=O) groups is 1. The van der Waals surface area contributed by atoms with Gasteiger partial charge in [0.05, 0.1) is 25.2 Å². The number of rotatable bonds is 8. The first-order valence-electron chi connectivity index (χ1n) is 6.16. The summed E-state index contributed by atoms with van der Waals surface area (Å²) in [5, 5.41) is 24.7. The number of aliphatic hydroxyl groups is 1. The summed E-state index contributed by atoms with van der Waals surface area (Å²) in [6.45, 7) is 6.53. The Hall–Kier alpha value is -1.77. The van der Waals surface area contributed by atoms with Gasteiger partial charge in [-0.2, -0.15) is 0 Å². The molecule has 0 saturated heterocycles. The number of nitrogens with zero attached hydrogens (tertiary/aromatic N) is 3. The average molecular weight is 293 g/mol. The minimum Gasteiger partial charge on any atom is -0.569 e. The van der Waals surface area contributed by atoms with E-state index in [1.54, 1.807) is 7.05 Å². The van der Waals surface area contributed by atoms with Crippen molar-refractivity contribution in [1.82, 2.24) is 5.01 Å². The van der Waals surface area contributed by atoms with Crippen LogP contribution in [0.4, 0.5) is 4.79 Å². The van der Waals surface area contributed by atoms with Gasteiger partial charge in [-0.05, 0) is 19.8 Å². The Balaban J connectivity index is 3.98. The third-order valence-corrected chi connectivity index (χ3v) is 2.02. The molecule has 0 unspecified atom stereocenters. The summed E-state index contributed by atoms with van der Waals surface area (Å²) in [6.07, 6.45) is -1.02. The van der Waals surface area contributed by atoms with Crippen LogP contribution in [-0.4, -0.2) is 53.8 Å². The highest BCUT2D eigenvalue weighted by molar-refractivity contribution is 5.60. The van der Waals surface area contributed by atoms with E-state index < -0.39 is 18.5 Å². The first-order chi connectivity index (χ1) is 9.18. The number of hydrazine groups is 1. The molecule has 9 nitrogen and oxygen atoms in total. The van der Waals surface area contributed by atoms with Crippen molar-refractivity contribution in [1.29, 1.82) is 0 Å². The highest BCUT2D eigenvalue weighted by Crippen LogP contribution is 2.08. The third-order valence-electron chi connectivity index (χ3n) is 2.02. The number of hydrogen-bond donors (Lipinski definition) is 1. The monoisotopic (exact) mass is 293 g/mol. The number of hydrogen-bond acceptors (Lipinski definition) is 7. The Labute approximate surface area is 118 Å². The first-order valence-corrected chi connectivity index (χ1v) is 6.16. The quantitative estimate of drug-likeness (QED) is 0.179. The zero-order valence-electron chi connectivity index (χ0n) is 12.5. The lowest BCUT2D eigenvalue weighted by Gasteiger charge is -2.21. The molecular formula is C11H23N3O6. The Morgan fingerprint density at radius 2 is 2.10 bits per heavy atom. The fourth-order valence-corrected chi connectivity index (χ4v) is 1.10. The van der Waals surface area contributed by atoms with Crippen LogP contribution in [0, 0.1) is 11.1 Å². The predicted molar refractivity (Wildman–Crippen MR) is 68.2 cm³/mol. The van der Waals surface area contributed by atoms with E-state index in [0.717, 1.165) is 0 Å². The predicted octanol–water partition coefficient (Wildman–Crippen LogP) is 1.26. The molecule has 0 heterocycles. The van der Waals surface area contributed by atoms with Crippen LogP contribution in [0.1, 0.15) is 27.7 Å². The van der Waals surface area contributed by atoms with E-state index in [2.05, 4.69) is 14.9 Å². The molecular weight excluding hydrogens is 270 g/mol. The van der Waals surface area contributed by atoms with Crippen molar-refractivity contribution in [2.45, 2.75) is 33.3 Å². The molecule has 9 heteroatoms. The lowest BCUT2D eigenvalue weighted by Crippen LogP contribution is -2.32. The van der Waals surface area contributed by atoms with Gasteiger partial charge in [0.2, 0.25) is 5.28 Å². The van der Waals surface area contributed by atoms with Crippen molar-refractivity contribution in [2.75, 3.05) is 27.0 Å². The summed E-state index contributed by atoms with van der Waals surface area (Å²) in [6, 6.07) is 0. The molecule has 0 aliphatic heterocycles. The van der Waals surface area contributed by atoms with Crippen LogP contribution in [-0.2, 0) is 14.3 Å². The van der Waals surface area contributed by atoms with Crippen molar-refractivity contribution in [3.8, 4) is 0 Å². The Morgan fingerprint density at radius 1 is 1.50 bits per heavy atom. The summed E-state index contributed by atoms with van der Waals surface area (Å²) < 4.78 is 9.28. The smallest absolute Gasteiger partial charge is 0.511 e. The fraction of sp³-hybridized carbons (Fsp3) is 0.909. The SMILES string of the molecule is CC(C)CN(C)[N+]([O-])=NOCOC(=O)OC(C)(C)CO. The molecule has 0 aliphatic rings. The van der Waals surface area contributed by atoms with Crippen LogP contribution < -0.4 is 0 Å². The second kappa shape index (κ2) is 8.41. The van der Waals surface area contributed by atoms with Gasteiger partial charge in [0, 0.05) is 0 Å². The lowest BCUT2D eigenvalue weighted by atomic mass is 10.2. The molecule has 20 heavy (non-hydrogen) atoms. The van der Waals surface area contributed by atoms with Gasteiger partial charge in [-0.3, -0.25) is 0 Å². The first kappa shape index (κ1) is 18.2. The topological polar surface area (TPSA) is 107 Å². The van der Waals surface area contributed by atoms with E-state index in [0.29, 0.717) is 12.5 Å². The van der Waals surface area contributed by atoms with Crippen LogP contribution in [0.15, 0.2) is 5.28 Å². The van der Waals surface area contributed by atoms with E-state index in [-0.39, 0.29) is 11.6 Å². The molecule has 0 rings (SSSR count). The molecule has 0 saturated carbocycles. The van der Waals surface area contributed by atoms with Crippen molar-refractivity contribution in [3.63, 3.8) is 0 Å². The molecule has 0 amide bonds. The van der Waals surface area contributed by atoms with E-state index in [9.17, 15) is 10.0 Å². The zero-order valence-corrected chi connectivity index (χ0v) is 12.5. The summed E-state index contributed by atoms with van der Waals surface area (Å²) in [7, 11) is 1.55. The van der Waals surface area contributed by atoms with Gasteiger partial charge in [-0.25, -0.2) is 4.79 Å². The molecule has 0 aliphatic carbocycles. The summed E-state index contributed by atoms with van der Waals surface area (Å²) in [5.41, 5.74) is -1.05. The van der Waals surface area contributed by atoms with Crippen LogP contribution in [0.5, 0.6) is 0 Å². The Bertz CT molecular complexity index is 332. The van der Waals surface area contributed by atoms with Crippen LogP contribution in [0.25, 0.3) is 0 Å². The molecule has 0 radical (unpaired) electrons. The molecule has 0 fully saturated rings. The Kier molecular flexibility index (Phi) is 7.67. The van der Waals surface area contributed by atoms with Crippen LogP contribution in [0.2, 0.25) is 0 Å². The van der Waals surface area contributed by atoms with E-state index in [4.69, 9.17) is 9.84 Å². The molecule has 1 N–H and O–H groups in total. The average Bonchev–Trinajstić information content (AvgIpc) is 2.33. The van der Waals surface area contributed by atoms with Crippen molar-refractivity contribution in [3.05, 3.63) is 5.21 Å². The number of ether oxygens (including phenoxy) is 2. The zero-order chi connectivity index (χ0) is 15.8. The molecule has 0 aromatic heterocycles. The fourth-order valence-electron chi connectivity index (χ4n) is 1.10. The van der Waals surface area contributed by atoms with Crippen molar-refractivity contribution >= 4 is 6.16 Å². The van der Waals surface area contributed by atoms with E-state index >= 15 is 0 Å². The second-order valence-electron chi connectivity index (χ2n) is 5.23. The van der Waals surface area contributed by atoms with Gasteiger partial charge in [0.15, 0.2) is 0 Å². The Morgan fingerprint density at radius 3 is 2.60 bits per heavy atom. The maximum atomic E-state index is 11.3. The van der Waals surface area contributed by atoms with Gasteiger partial charge in [-0.1, -0.05) is 13.8 Å². The number of aliphatic hydroxyl groups excluding tert-OH is 1. The second-order valence-corrected chi connectivity index (χ2v) is 5.23. The minimum absolute atomic E-state index is 0.256. The maximum absolute atomic E-state index is 11.3. The molecule has 0 aromatic rings. The van der Waals surface area contributed by atoms with Crippen LogP contribution in [0.3, 0.4) is 0 Å². The standard InChI is InChI=1S/C11H23N3O6/c1-9(2)6-13(5)14(17)12-19-8-18-10(16)20-11(3,4)7-15/h9,15H,6-8H2,1-5H3. The minimum atomic E-state index is -1.05. The summed E-state index contributed by atoms with van der Waals surface area (Å²) in [5.74, 6) is 0.290. The normalized spacial score (nSPS) is 12.2. The lowest BCUT2D eigenvalue weighted by molar-refractivity contribution is -0.707. The van der Waals surface area contributed by atoms with Gasteiger partial charge in [0.1, 0.15) is 5.60 Å². The van der Waals surface area contributed by atoms with Gasteiger partial charge in [0.25, 0.3) is 6.79 Å². The van der Waals surface area contributed by atoms with Crippen molar-refractivity contribution in [2.24, 2.45) is 11.2 Å². The molecule has 0 bridgehead atoms. The van der Waals surface area contributed by atoms with Crippen LogP contribution >= 0.6 is 0 Å². The molecule has 0 spiro atoms. The van der Waals surface area contributed by atoms with Gasteiger partial charge >= 0.3 is 6.16 Å². The highest BCUT2D eigenvalue weighted by atomic mass is 16.8. The molecule has 118 valence electrons. The summed E-state index contributed by atoms with van der Waals surface area (Å²) in [4.78, 5) is 15.9. The van der Waals surface area contributed by atoms with E-state index in [1.165, 1.54) is 18.9 Å². The van der Waals surface area contributed by atoms with Gasteiger partial charge in [-0.15, -0.1) is 5.01 Å². The molecule has 0 aromatic carbocycles. The highest BCUT2D eigenvalue weighted by Gasteiger charge is 2.22. The molecule has 0 atom stereocenters. The van der Waals surface area contributed by atoms with Crippen molar-refractivity contribution < 1.29 is 29.2 Å². The largest absolute Gasteiger partial charge is 0.569 e. The number of carbonyl (C=O) groups excluding carboxylic acids is 1. The van der Waals surface area contributed by atoms with Gasteiger partial charge < -0.3 is 24.6 Å². The maximum Gasteiger partial charge on any atom is 0.511 e.